The standard InChI is InChI=1S/C4H9Cl2N.C4H4O4/c5-1-3-7-4-2-6;5-3(6)1-2-4(7)8/h7H,1-4H2;1-2H,(H,5,6)(H,7,8)/b;2-1+. The molecule has 0 aromatic rings. The van der Waals surface area contributed by atoms with E-state index < -0.39 is 11.9 Å². The van der Waals surface area contributed by atoms with E-state index in [2.05, 4.69) is 5.32 Å². The van der Waals surface area contributed by atoms with Gasteiger partial charge in [0.05, 0.1) is 0 Å². The Balaban J connectivity index is 0. The van der Waals surface area contributed by atoms with Crippen LogP contribution in [0.25, 0.3) is 0 Å². The molecule has 0 unspecified atom stereocenters. The number of carbonyl (C=O) groups is 2. The van der Waals surface area contributed by atoms with Gasteiger partial charge in [-0.15, -0.1) is 23.2 Å². The molecule has 0 heterocycles. The first-order valence-electron chi connectivity index (χ1n) is 4.01. The van der Waals surface area contributed by atoms with Crippen LogP contribution in [0.5, 0.6) is 0 Å². The van der Waals surface area contributed by atoms with E-state index in [0.717, 1.165) is 13.1 Å². The SMILES string of the molecule is ClCCNCCCl.O=C(O)/C=C/C(=O)O. The molecule has 0 aliphatic rings. The summed E-state index contributed by atoms with van der Waals surface area (Å²) in [5.74, 6) is -1.19. The van der Waals surface area contributed by atoms with Crippen molar-refractivity contribution in [1.82, 2.24) is 5.32 Å². The Labute approximate surface area is 97.7 Å². The largest absolute Gasteiger partial charge is 0.478 e. The number of hydrogen-bond acceptors (Lipinski definition) is 3. The maximum Gasteiger partial charge on any atom is 0.328 e. The summed E-state index contributed by atoms with van der Waals surface area (Å²) >= 11 is 10.7. The summed E-state index contributed by atoms with van der Waals surface area (Å²) in [6, 6.07) is 0. The number of rotatable bonds is 6. The van der Waals surface area contributed by atoms with Gasteiger partial charge in [0.2, 0.25) is 0 Å². The molecular formula is C8H13Cl2NO4. The number of carboxylic acid groups (broad SMARTS) is 2. The van der Waals surface area contributed by atoms with Crippen molar-refractivity contribution in [3.05, 3.63) is 12.2 Å². The summed E-state index contributed by atoms with van der Waals surface area (Å²) in [6.07, 6.45) is 1.12. The van der Waals surface area contributed by atoms with Gasteiger partial charge in [0.1, 0.15) is 0 Å². The van der Waals surface area contributed by atoms with Gasteiger partial charge < -0.3 is 15.5 Å². The smallest absolute Gasteiger partial charge is 0.328 e. The molecule has 0 atom stereocenters. The molecule has 0 spiro atoms. The van der Waals surface area contributed by atoms with Crippen LogP contribution < -0.4 is 5.32 Å². The Morgan fingerprint density at radius 1 is 1.00 bits per heavy atom. The van der Waals surface area contributed by atoms with Gasteiger partial charge in [0, 0.05) is 37.0 Å². The van der Waals surface area contributed by atoms with E-state index >= 15 is 0 Å². The molecule has 0 aromatic heterocycles. The van der Waals surface area contributed by atoms with E-state index in [9.17, 15) is 9.59 Å². The highest BCUT2D eigenvalue weighted by Crippen LogP contribution is 1.71. The Morgan fingerprint density at radius 3 is 1.53 bits per heavy atom. The molecule has 0 aliphatic heterocycles. The predicted octanol–water partition coefficient (Wildman–Crippen LogP) is 0.765. The number of nitrogens with one attached hydrogen (secondary N) is 1. The van der Waals surface area contributed by atoms with E-state index in [1.54, 1.807) is 0 Å². The molecule has 15 heavy (non-hydrogen) atoms. The maximum absolute atomic E-state index is 9.55. The van der Waals surface area contributed by atoms with E-state index in [4.69, 9.17) is 33.4 Å². The van der Waals surface area contributed by atoms with E-state index in [0.29, 0.717) is 23.9 Å². The first-order valence-corrected chi connectivity index (χ1v) is 5.08. The minimum Gasteiger partial charge on any atom is -0.478 e. The van der Waals surface area contributed by atoms with Gasteiger partial charge in [-0.3, -0.25) is 0 Å². The molecule has 0 aromatic carbocycles. The number of aliphatic carboxylic acids is 2. The summed E-state index contributed by atoms with van der Waals surface area (Å²) in [7, 11) is 0. The highest BCUT2D eigenvalue weighted by Gasteiger charge is 1.88. The van der Waals surface area contributed by atoms with Crippen LogP contribution in [0.3, 0.4) is 0 Å². The zero-order chi connectivity index (χ0) is 12.1. The van der Waals surface area contributed by atoms with Crippen LogP contribution in [0.15, 0.2) is 12.2 Å². The van der Waals surface area contributed by atoms with Crippen LogP contribution >= 0.6 is 23.2 Å². The third kappa shape index (κ3) is 24.6. The summed E-state index contributed by atoms with van der Waals surface area (Å²) in [6.45, 7) is 1.71. The first kappa shape index (κ1) is 16.6. The summed E-state index contributed by atoms with van der Waals surface area (Å²) in [4.78, 5) is 19.1. The number of hydrogen-bond donors (Lipinski definition) is 3. The second-order valence-corrected chi connectivity index (χ2v) is 2.89. The van der Waals surface area contributed by atoms with Crippen LogP contribution in [0.4, 0.5) is 0 Å². The molecule has 0 fully saturated rings. The van der Waals surface area contributed by atoms with E-state index in [1.165, 1.54) is 0 Å². The Hall–Kier alpha value is -0.780. The van der Waals surface area contributed by atoms with Crippen LogP contribution in [-0.4, -0.2) is 47.0 Å². The monoisotopic (exact) mass is 257 g/mol. The average Bonchev–Trinajstić information content (AvgIpc) is 2.17. The molecule has 0 aliphatic carbocycles. The van der Waals surface area contributed by atoms with Crippen molar-refractivity contribution in [1.29, 1.82) is 0 Å². The predicted molar refractivity (Wildman–Crippen MR) is 58.7 cm³/mol. The van der Waals surface area contributed by atoms with Crippen molar-refractivity contribution in [3.8, 4) is 0 Å². The second kappa shape index (κ2) is 13.2. The van der Waals surface area contributed by atoms with Gasteiger partial charge in [-0.2, -0.15) is 0 Å². The second-order valence-electron chi connectivity index (χ2n) is 2.14. The quantitative estimate of drug-likeness (QED) is 0.372. The molecule has 0 radical (unpaired) electrons. The van der Waals surface area contributed by atoms with Crippen molar-refractivity contribution in [2.45, 2.75) is 0 Å². The Kier molecular flexibility index (Phi) is 14.7. The molecule has 7 heteroatoms. The van der Waals surface area contributed by atoms with Crippen LogP contribution in [0, 0.1) is 0 Å². The third-order valence-corrected chi connectivity index (χ3v) is 1.29. The van der Waals surface area contributed by atoms with Crippen molar-refractivity contribution in [2.24, 2.45) is 0 Å². The number of halogens is 2. The molecular weight excluding hydrogens is 245 g/mol. The summed E-state index contributed by atoms with van der Waals surface area (Å²) < 4.78 is 0. The average molecular weight is 258 g/mol. The lowest BCUT2D eigenvalue weighted by Crippen LogP contribution is -2.18. The first-order chi connectivity index (χ1) is 7.04. The number of alkyl halides is 2. The lowest BCUT2D eigenvalue weighted by atomic mass is 10.5. The third-order valence-electron chi connectivity index (χ3n) is 0.911. The van der Waals surface area contributed by atoms with E-state index in [-0.39, 0.29) is 0 Å². The number of carboxylic acids is 2. The molecule has 0 bridgehead atoms. The highest BCUT2D eigenvalue weighted by molar-refractivity contribution is 6.18. The lowest BCUT2D eigenvalue weighted by Gasteiger charge is -1.93. The summed E-state index contributed by atoms with van der Waals surface area (Å²) in [5, 5.41) is 18.6. The van der Waals surface area contributed by atoms with Crippen molar-refractivity contribution >= 4 is 35.1 Å². The molecule has 0 saturated heterocycles. The molecule has 88 valence electrons. The van der Waals surface area contributed by atoms with Crippen LogP contribution in [0.1, 0.15) is 0 Å². The fraction of sp³-hybridized carbons (Fsp3) is 0.500. The molecule has 0 rings (SSSR count). The lowest BCUT2D eigenvalue weighted by molar-refractivity contribution is -0.134. The van der Waals surface area contributed by atoms with Crippen LogP contribution in [-0.2, 0) is 9.59 Å². The zero-order valence-corrected chi connectivity index (χ0v) is 9.46. The van der Waals surface area contributed by atoms with Gasteiger partial charge in [-0.1, -0.05) is 0 Å². The molecule has 0 saturated carbocycles. The highest BCUT2D eigenvalue weighted by atomic mass is 35.5. The Morgan fingerprint density at radius 2 is 1.33 bits per heavy atom. The molecule has 0 amide bonds. The van der Waals surface area contributed by atoms with Gasteiger partial charge in [0.15, 0.2) is 0 Å². The minimum absolute atomic E-state index is 0.558. The van der Waals surface area contributed by atoms with Gasteiger partial charge in [-0.25, -0.2) is 9.59 Å². The van der Waals surface area contributed by atoms with E-state index in [1.807, 2.05) is 0 Å². The van der Waals surface area contributed by atoms with Crippen LogP contribution in [0.2, 0.25) is 0 Å². The van der Waals surface area contributed by atoms with Gasteiger partial charge in [0.25, 0.3) is 0 Å². The molecule has 5 nitrogen and oxygen atoms in total. The fourth-order valence-corrected chi connectivity index (χ4v) is 0.668. The zero-order valence-electron chi connectivity index (χ0n) is 7.95. The van der Waals surface area contributed by atoms with Gasteiger partial charge in [-0.05, 0) is 0 Å². The Bertz CT molecular complexity index is 189. The maximum atomic E-state index is 9.55. The van der Waals surface area contributed by atoms with Gasteiger partial charge >= 0.3 is 11.9 Å². The topological polar surface area (TPSA) is 86.6 Å². The minimum atomic E-state index is -1.26. The van der Waals surface area contributed by atoms with Crippen molar-refractivity contribution < 1.29 is 19.8 Å². The fourth-order valence-electron chi connectivity index (χ4n) is 0.401. The summed E-state index contributed by atoms with van der Waals surface area (Å²) in [5.41, 5.74) is 0. The normalized spacial score (nSPS) is 9.47. The van der Waals surface area contributed by atoms with Crippen molar-refractivity contribution in [2.75, 3.05) is 24.8 Å². The molecule has 3 N–H and O–H groups in total. The van der Waals surface area contributed by atoms with Crippen molar-refractivity contribution in [3.63, 3.8) is 0 Å².